The van der Waals surface area contributed by atoms with Crippen molar-refractivity contribution in [2.45, 2.75) is 82.7 Å². The van der Waals surface area contributed by atoms with E-state index in [-0.39, 0.29) is 37.2 Å². The summed E-state index contributed by atoms with van der Waals surface area (Å²) in [5, 5.41) is 37.4. The Hall–Kier alpha value is -4.16. The van der Waals surface area contributed by atoms with Crippen LogP contribution in [0.25, 0.3) is 0 Å². The average Bonchev–Trinajstić information content (AvgIpc) is 3.16. The quantitative estimate of drug-likeness (QED) is 0.0717. The molecule has 2 saturated heterocycles. The van der Waals surface area contributed by atoms with Crippen LogP contribution in [0.1, 0.15) is 81.9 Å². The fourth-order valence-electron chi connectivity index (χ4n) is 9.14. The Morgan fingerprint density at radius 3 is 1.83 bits per heavy atom. The fourth-order valence-corrected chi connectivity index (χ4v) is 9.14. The normalized spacial score (nSPS) is 25.8. The van der Waals surface area contributed by atoms with Crippen molar-refractivity contribution in [1.29, 1.82) is 0 Å². The van der Waals surface area contributed by atoms with Gasteiger partial charge in [-0.05, 0) is 75.7 Å². The Morgan fingerprint density at radius 2 is 1.34 bits per heavy atom. The van der Waals surface area contributed by atoms with Crippen LogP contribution in [-0.4, -0.2) is 90.1 Å². The summed E-state index contributed by atoms with van der Waals surface area (Å²) in [4.78, 5) is 40.9. The summed E-state index contributed by atoms with van der Waals surface area (Å²) in [6, 6.07) is 25.8. The molecule has 0 aliphatic carbocycles. The van der Waals surface area contributed by atoms with Gasteiger partial charge in [-0.2, -0.15) is 0 Å². The van der Waals surface area contributed by atoms with Crippen LogP contribution in [0.3, 0.4) is 0 Å². The number of unbranched alkanes of at least 4 members (excludes halogenated alkanes) is 1. The lowest BCUT2D eigenvalue weighted by atomic mass is 9.50. The summed E-state index contributed by atoms with van der Waals surface area (Å²) in [5.74, 6) is -3.46. The monoisotopic (exact) mass is 729 g/mol. The van der Waals surface area contributed by atoms with Gasteiger partial charge in [0.25, 0.3) is 5.69 Å². The third-order valence-corrected chi connectivity index (χ3v) is 12.2. The zero-order chi connectivity index (χ0) is 38.1. The van der Waals surface area contributed by atoms with E-state index in [0.29, 0.717) is 25.3 Å². The molecule has 3 N–H and O–H groups in total. The van der Waals surface area contributed by atoms with E-state index in [1.807, 2.05) is 19.1 Å². The molecule has 5 rings (SSSR count). The van der Waals surface area contributed by atoms with Gasteiger partial charge in [-0.3, -0.25) is 19.7 Å². The van der Waals surface area contributed by atoms with E-state index in [9.17, 15) is 29.9 Å². The molecule has 3 aromatic rings. The van der Waals surface area contributed by atoms with Crippen LogP contribution in [-0.2, 0) is 24.5 Å². The lowest BCUT2D eigenvalue weighted by Crippen LogP contribution is -2.70. The molecule has 0 spiro atoms. The number of hydrogen-bond donors (Lipinski definition) is 3. The molecule has 286 valence electrons. The van der Waals surface area contributed by atoms with Gasteiger partial charge in [-0.15, -0.1) is 0 Å². The van der Waals surface area contributed by atoms with Gasteiger partial charge >= 0.3 is 11.9 Å². The number of nitro groups is 1. The van der Waals surface area contributed by atoms with Crippen molar-refractivity contribution < 1.29 is 34.2 Å². The predicted octanol–water partition coefficient (Wildman–Crippen LogP) is 6.90. The van der Waals surface area contributed by atoms with Gasteiger partial charge in [0.05, 0.1) is 22.4 Å². The van der Waals surface area contributed by atoms with E-state index >= 15 is 0 Å². The first kappa shape index (κ1) is 40.0. The maximum atomic E-state index is 13.7. The second-order valence-electron chi connectivity index (χ2n) is 14.8. The first-order chi connectivity index (χ1) is 25.5. The molecule has 53 heavy (non-hydrogen) atoms. The van der Waals surface area contributed by atoms with Crippen molar-refractivity contribution in [2.24, 2.45) is 10.8 Å². The Bertz CT molecular complexity index is 1620. The standard InChI is InChI=1S/C42H55N3O8/c1-4-5-26-52-27-21-41(38(46)47)31(2)43-32(3)42(39(48)49,37(41)33-13-12-18-36(30-33)45(50)51)22-28-53-29-25-44-23-19-40(20-24-44,34-14-8-6-9-15-34)35-16-10-7-11-17-35/h6-18,30-32,37,43H,4-5,19-29H2,1-3H3,(H,46,47)(H,48,49)/t31?,32?,37-,41?,42?/m1/s1. The van der Waals surface area contributed by atoms with Gasteiger partial charge in [-0.1, -0.05) is 86.1 Å². The molecule has 0 radical (unpaired) electrons. The number of ether oxygens (including phenoxy) is 2. The van der Waals surface area contributed by atoms with Crippen molar-refractivity contribution in [3.63, 3.8) is 0 Å². The second kappa shape index (κ2) is 17.8. The van der Waals surface area contributed by atoms with Crippen LogP contribution >= 0.6 is 0 Å². The summed E-state index contributed by atoms with van der Waals surface area (Å²) in [5.41, 5.74) is -0.674. The van der Waals surface area contributed by atoms with Crippen molar-refractivity contribution in [3.8, 4) is 0 Å². The molecule has 3 aromatic carbocycles. The second-order valence-corrected chi connectivity index (χ2v) is 14.8. The molecule has 2 aliphatic heterocycles. The van der Waals surface area contributed by atoms with E-state index in [0.717, 1.165) is 38.8 Å². The van der Waals surface area contributed by atoms with Gasteiger partial charge in [0, 0.05) is 61.9 Å². The maximum absolute atomic E-state index is 13.7. The van der Waals surface area contributed by atoms with Crippen molar-refractivity contribution in [1.82, 2.24) is 10.2 Å². The smallest absolute Gasteiger partial charge is 0.311 e. The first-order valence-corrected chi connectivity index (χ1v) is 19.0. The number of benzene rings is 3. The highest BCUT2D eigenvalue weighted by atomic mass is 16.6. The summed E-state index contributed by atoms with van der Waals surface area (Å²) < 4.78 is 12.1. The number of carboxylic acids is 2. The van der Waals surface area contributed by atoms with Gasteiger partial charge in [0.15, 0.2) is 0 Å². The number of carboxylic acid groups (broad SMARTS) is 2. The lowest BCUT2D eigenvalue weighted by Gasteiger charge is -2.57. The molecule has 0 amide bonds. The molecule has 0 aromatic heterocycles. The van der Waals surface area contributed by atoms with Crippen LogP contribution < -0.4 is 5.32 Å². The van der Waals surface area contributed by atoms with Gasteiger partial charge in [0.2, 0.25) is 0 Å². The van der Waals surface area contributed by atoms with Crippen LogP contribution in [0.2, 0.25) is 0 Å². The minimum atomic E-state index is -1.67. The van der Waals surface area contributed by atoms with Crippen molar-refractivity contribution in [3.05, 3.63) is 112 Å². The Labute approximate surface area is 312 Å². The van der Waals surface area contributed by atoms with Crippen molar-refractivity contribution >= 4 is 17.6 Å². The number of nitro benzene ring substituents is 1. The van der Waals surface area contributed by atoms with Gasteiger partial charge in [-0.25, -0.2) is 0 Å². The van der Waals surface area contributed by atoms with E-state index in [1.54, 1.807) is 19.9 Å². The molecule has 4 unspecified atom stereocenters. The molecule has 11 nitrogen and oxygen atoms in total. The van der Waals surface area contributed by atoms with Crippen molar-refractivity contribution in [2.75, 3.05) is 46.1 Å². The van der Waals surface area contributed by atoms with Crippen LogP contribution in [0.15, 0.2) is 84.9 Å². The molecular weight excluding hydrogens is 674 g/mol. The zero-order valence-electron chi connectivity index (χ0n) is 31.2. The number of nitrogens with one attached hydrogen (secondary N) is 1. The molecule has 5 atom stereocenters. The molecule has 2 aliphatic rings. The largest absolute Gasteiger partial charge is 0.481 e. The van der Waals surface area contributed by atoms with Crippen LogP contribution in [0.4, 0.5) is 5.69 Å². The number of carbonyl (C=O) groups is 2. The summed E-state index contributed by atoms with van der Waals surface area (Å²) in [7, 11) is 0. The Kier molecular flexibility index (Phi) is 13.4. The molecule has 2 fully saturated rings. The summed E-state index contributed by atoms with van der Waals surface area (Å²) in [6.45, 7) is 9.00. The number of aliphatic carboxylic acids is 2. The first-order valence-electron chi connectivity index (χ1n) is 19.0. The summed E-state index contributed by atoms with van der Waals surface area (Å²) in [6.07, 6.45) is 3.67. The number of non-ortho nitro benzene ring substituents is 1. The molecular formula is C42H55N3O8. The molecule has 11 heteroatoms. The SMILES string of the molecule is CCCCOCCC1(C(=O)O)C(C)NC(C)C(CCOCCN2CCC(c3ccccc3)(c3ccccc3)CC2)(C(=O)O)[C@@H]1c1cccc([N+](=O)[O-])c1. The highest BCUT2D eigenvalue weighted by Crippen LogP contribution is 2.58. The fraction of sp³-hybridized carbons (Fsp3) is 0.524. The predicted molar refractivity (Wildman–Crippen MR) is 203 cm³/mol. The molecule has 0 bridgehead atoms. The van der Waals surface area contributed by atoms with Crippen LogP contribution in [0, 0.1) is 20.9 Å². The van der Waals surface area contributed by atoms with E-state index in [1.165, 1.54) is 29.3 Å². The van der Waals surface area contributed by atoms with Gasteiger partial charge in [0.1, 0.15) is 0 Å². The third-order valence-electron chi connectivity index (χ3n) is 12.2. The average molecular weight is 730 g/mol. The third kappa shape index (κ3) is 8.18. The lowest BCUT2D eigenvalue weighted by molar-refractivity contribution is -0.385. The topological polar surface area (TPSA) is 151 Å². The van der Waals surface area contributed by atoms with Crippen LogP contribution in [0.5, 0.6) is 0 Å². The Balaban J connectivity index is 1.34. The zero-order valence-corrected chi connectivity index (χ0v) is 31.2. The molecule has 0 saturated carbocycles. The molecule has 2 heterocycles. The minimum absolute atomic E-state index is 0.00737. The summed E-state index contributed by atoms with van der Waals surface area (Å²) >= 11 is 0. The Morgan fingerprint density at radius 1 is 0.811 bits per heavy atom. The minimum Gasteiger partial charge on any atom is -0.481 e. The number of nitrogens with zero attached hydrogens (tertiary/aromatic N) is 2. The maximum Gasteiger partial charge on any atom is 0.311 e. The van der Waals surface area contributed by atoms with E-state index < -0.39 is 45.7 Å². The number of piperidine rings is 2. The number of hydrogen-bond acceptors (Lipinski definition) is 8. The van der Waals surface area contributed by atoms with Gasteiger partial charge < -0.3 is 29.9 Å². The van der Waals surface area contributed by atoms with E-state index in [2.05, 4.69) is 58.7 Å². The highest BCUT2D eigenvalue weighted by Gasteiger charge is 2.66. The van der Waals surface area contributed by atoms with E-state index in [4.69, 9.17) is 9.47 Å². The number of rotatable bonds is 18. The highest BCUT2D eigenvalue weighted by molar-refractivity contribution is 5.84. The number of likely N-dealkylation sites (tertiary alicyclic amines) is 1.